The number of carbonyl (C=O) groups is 1. The average Bonchev–Trinajstić information content (AvgIpc) is 2.96. The molecule has 1 aromatic carbocycles. The van der Waals surface area contributed by atoms with Gasteiger partial charge in [0, 0.05) is 25.1 Å². The molecule has 0 saturated carbocycles. The highest BCUT2D eigenvalue weighted by Crippen LogP contribution is 2.22. The molecule has 1 aliphatic heterocycles. The van der Waals surface area contributed by atoms with Gasteiger partial charge in [-0.25, -0.2) is 0 Å². The number of aliphatic hydroxyl groups is 1. The lowest BCUT2D eigenvalue weighted by Crippen LogP contribution is -2.30. The van der Waals surface area contributed by atoms with Gasteiger partial charge in [-0.3, -0.25) is 9.59 Å². The summed E-state index contributed by atoms with van der Waals surface area (Å²) in [7, 11) is 0. The Balaban J connectivity index is 1.91. The van der Waals surface area contributed by atoms with Crippen molar-refractivity contribution in [2.75, 3.05) is 13.1 Å². The highest BCUT2D eigenvalue weighted by Gasteiger charge is 2.30. The van der Waals surface area contributed by atoms with Crippen molar-refractivity contribution >= 4 is 16.9 Å². The second-order valence-corrected chi connectivity index (χ2v) is 5.51. The van der Waals surface area contributed by atoms with Gasteiger partial charge in [0.05, 0.1) is 11.5 Å². The molecule has 1 N–H and O–H groups in total. The van der Waals surface area contributed by atoms with Gasteiger partial charge < -0.3 is 14.4 Å². The summed E-state index contributed by atoms with van der Waals surface area (Å²) in [4.78, 5) is 26.1. The zero-order valence-corrected chi connectivity index (χ0v) is 11.8. The lowest BCUT2D eigenvalue weighted by Gasteiger charge is -2.17. The predicted molar refractivity (Wildman–Crippen MR) is 78.2 cm³/mol. The third-order valence-electron chi connectivity index (χ3n) is 4.04. The Morgan fingerprint density at radius 1 is 1.43 bits per heavy atom. The third kappa shape index (κ3) is 2.56. The van der Waals surface area contributed by atoms with Crippen LogP contribution in [0.4, 0.5) is 0 Å². The molecule has 1 fully saturated rings. The Bertz CT molecular complexity index is 734. The van der Waals surface area contributed by atoms with E-state index in [0.717, 1.165) is 6.42 Å². The zero-order chi connectivity index (χ0) is 15.0. The number of nitrogens with zero attached hydrogens (tertiary/aromatic N) is 1. The Morgan fingerprint density at radius 2 is 2.19 bits per heavy atom. The number of carbonyl (C=O) groups excluding carboxylic acids is 1. The van der Waals surface area contributed by atoms with Crippen molar-refractivity contribution in [1.82, 2.24) is 4.90 Å². The summed E-state index contributed by atoms with van der Waals surface area (Å²) in [6.45, 7) is 2.80. The largest absolute Gasteiger partial charge is 0.451 e. The number of fused-ring (bicyclic) bond motifs is 1. The topological polar surface area (TPSA) is 70.8 Å². The number of rotatable bonds is 2. The van der Waals surface area contributed by atoms with Gasteiger partial charge in [0.2, 0.25) is 0 Å². The highest BCUT2D eigenvalue weighted by atomic mass is 16.3. The van der Waals surface area contributed by atoms with Crippen LogP contribution in [-0.2, 0) is 0 Å². The molecule has 5 heteroatoms. The summed E-state index contributed by atoms with van der Waals surface area (Å²) in [6, 6.07) is 8.12. The van der Waals surface area contributed by atoms with E-state index in [1.165, 1.54) is 6.07 Å². The number of likely N-dealkylation sites (tertiary alicyclic amines) is 1. The van der Waals surface area contributed by atoms with Crippen LogP contribution in [0.25, 0.3) is 11.0 Å². The van der Waals surface area contributed by atoms with Crippen molar-refractivity contribution in [2.45, 2.75) is 19.4 Å². The summed E-state index contributed by atoms with van der Waals surface area (Å²) in [5, 5.41) is 10.1. The molecular formula is C16H17NO4. The molecule has 21 heavy (non-hydrogen) atoms. The van der Waals surface area contributed by atoms with Crippen LogP contribution >= 0.6 is 0 Å². The molecule has 0 bridgehead atoms. The third-order valence-corrected chi connectivity index (χ3v) is 4.04. The van der Waals surface area contributed by atoms with Gasteiger partial charge in [-0.05, 0) is 25.5 Å². The van der Waals surface area contributed by atoms with Crippen LogP contribution in [0.3, 0.4) is 0 Å². The maximum Gasteiger partial charge on any atom is 0.289 e. The van der Waals surface area contributed by atoms with E-state index < -0.39 is 6.10 Å². The molecule has 2 atom stereocenters. The maximum absolute atomic E-state index is 12.4. The molecule has 1 saturated heterocycles. The van der Waals surface area contributed by atoms with Gasteiger partial charge in [0.1, 0.15) is 5.58 Å². The molecule has 2 heterocycles. The first-order valence-corrected chi connectivity index (χ1v) is 7.06. The van der Waals surface area contributed by atoms with Gasteiger partial charge in [0.15, 0.2) is 11.2 Å². The number of hydrogen-bond acceptors (Lipinski definition) is 4. The van der Waals surface area contributed by atoms with E-state index in [0.29, 0.717) is 24.1 Å². The van der Waals surface area contributed by atoms with Gasteiger partial charge in [-0.15, -0.1) is 0 Å². The Labute approximate surface area is 121 Å². The number of hydrogen-bond donors (Lipinski definition) is 1. The van der Waals surface area contributed by atoms with E-state index in [2.05, 4.69) is 0 Å². The summed E-state index contributed by atoms with van der Waals surface area (Å²) >= 11 is 0. The molecule has 1 amide bonds. The Kier molecular flexibility index (Phi) is 3.51. The fraction of sp³-hybridized carbons (Fsp3) is 0.375. The predicted octanol–water partition coefficient (Wildman–Crippen LogP) is 1.64. The first-order valence-electron chi connectivity index (χ1n) is 7.06. The van der Waals surface area contributed by atoms with E-state index in [9.17, 15) is 14.7 Å². The van der Waals surface area contributed by atoms with E-state index in [-0.39, 0.29) is 23.0 Å². The molecular weight excluding hydrogens is 270 g/mol. The first kappa shape index (κ1) is 13.8. The summed E-state index contributed by atoms with van der Waals surface area (Å²) < 4.78 is 5.56. The molecule has 0 aliphatic carbocycles. The molecule has 3 rings (SSSR count). The average molecular weight is 287 g/mol. The standard InChI is InChI=1S/C16H17NO4/c1-10(18)11-6-7-17(9-11)16(20)15-8-13(19)12-4-2-3-5-14(12)21-15/h2-5,8,10-11,18H,6-7,9H2,1H3. The molecule has 1 aliphatic rings. The Hall–Kier alpha value is -2.14. The van der Waals surface area contributed by atoms with Crippen molar-refractivity contribution in [1.29, 1.82) is 0 Å². The van der Waals surface area contributed by atoms with Crippen LogP contribution in [0, 0.1) is 5.92 Å². The van der Waals surface area contributed by atoms with Crippen molar-refractivity contribution in [3.63, 3.8) is 0 Å². The minimum absolute atomic E-state index is 0.0601. The van der Waals surface area contributed by atoms with Crippen molar-refractivity contribution < 1.29 is 14.3 Å². The van der Waals surface area contributed by atoms with Gasteiger partial charge in [-0.2, -0.15) is 0 Å². The lowest BCUT2D eigenvalue weighted by molar-refractivity contribution is 0.0732. The van der Waals surface area contributed by atoms with E-state index in [1.54, 1.807) is 36.1 Å². The second kappa shape index (κ2) is 5.33. The number of aliphatic hydroxyl groups excluding tert-OH is 1. The smallest absolute Gasteiger partial charge is 0.289 e. The number of benzene rings is 1. The monoisotopic (exact) mass is 287 g/mol. The quantitative estimate of drug-likeness (QED) is 0.911. The molecule has 2 aromatic rings. The SMILES string of the molecule is CC(O)C1CCN(C(=O)c2cc(=O)c3ccccc3o2)C1. The molecule has 0 spiro atoms. The minimum atomic E-state index is -0.439. The molecule has 0 radical (unpaired) electrons. The maximum atomic E-state index is 12.4. The fourth-order valence-electron chi connectivity index (χ4n) is 2.73. The van der Waals surface area contributed by atoms with Crippen LogP contribution in [0.1, 0.15) is 23.9 Å². The zero-order valence-electron chi connectivity index (χ0n) is 11.8. The van der Waals surface area contributed by atoms with Crippen LogP contribution < -0.4 is 5.43 Å². The molecule has 5 nitrogen and oxygen atoms in total. The lowest BCUT2D eigenvalue weighted by atomic mass is 10.0. The van der Waals surface area contributed by atoms with Crippen LogP contribution in [0.15, 0.2) is 39.5 Å². The summed E-state index contributed by atoms with van der Waals surface area (Å²) in [5.74, 6) is -0.146. The Morgan fingerprint density at radius 3 is 2.90 bits per heavy atom. The van der Waals surface area contributed by atoms with E-state index in [4.69, 9.17) is 4.42 Å². The summed E-state index contributed by atoms with van der Waals surface area (Å²) in [5.41, 5.74) is 0.200. The fourth-order valence-corrected chi connectivity index (χ4v) is 2.73. The highest BCUT2D eigenvalue weighted by molar-refractivity contribution is 5.93. The number of para-hydroxylation sites is 1. The minimum Gasteiger partial charge on any atom is -0.451 e. The molecule has 2 unspecified atom stereocenters. The van der Waals surface area contributed by atoms with Gasteiger partial charge in [0.25, 0.3) is 5.91 Å². The van der Waals surface area contributed by atoms with Gasteiger partial charge in [-0.1, -0.05) is 12.1 Å². The van der Waals surface area contributed by atoms with E-state index >= 15 is 0 Å². The van der Waals surface area contributed by atoms with Gasteiger partial charge >= 0.3 is 0 Å². The molecule has 110 valence electrons. The van der Waals surface area contributed by atoms with Crippen molar-refractivity contribution in [3.05, 3.63) is 46.3 Å². The second-order valence-electron chi connectivity index (χ2n) is 5.51. The number of amides is 1. The van der Waals surface area contributed by atoms with Crippen LogP contribution in [0.5, 0.6) is 0 Å². The first-order chi connectivity index (χ1) is 10.1. The van der Waals surface area contributed by atoms with Crippen LogP contribution in [-0.4, -0.2) is 35.1 Å². The van der Waals surface area contributed by atoms with Crippen molar-refractivity contribution in [2.24, 2.45) is 5.92 Å². The van der Waals surface area contributed by atoms with E-state index in [1.807, 2.05) is 0 Å². The molecule has 1 aromatic heterocycles. The van der Waals surface area contributed by atoms with Crippen LogP contribution in [0.2, 0.25) is 0 Å². The van der Waals surface area contributed by atoms with Crippen molar-refractivity contribution in [3.8, 4) is 0 Å². The summed E-state index contributed by atoms with van der Waals surface area (Å²) in [6.07, 6.45) is 0.327. The normalized spacial score (nSPS) is 19.9.